The number of hydrogen-bond acceptors (Lipinski definition) is 4. The molecule has 1 unspecified atom stereocenters. The molecule has 0 aliphatic carbocycles. The zero-order chi connectivity index (χ0) is 18.8. The predicted molar refractivity (Wildman–Crippen MR) is 107 cm³/mol. The first-order valence-electron chi connectivity index (χ1n) is 10.4. The fourth-order valence-corrected chi connectivity index (χ4v) is 4.66. The minimum absolute atomic E-state index is 0.0358. The molecule has 0 aromatic heterocycles. The Morgan fingerprint density at radius 3 is 2.67 bits per heavy atom. The summed E-state index contributed by atoms with van der Waals surface area (Å²) in [4.78, 5) is 32.0. The van der Waals surface area contributed by atoms with Crippen LogP contribution in [0.3, 0.4) is 0 Å². The van der Waals surface area contributed by atoms with Crippen molar-refractivity contribution in [1.82, 2.24) is 10.2 Å². The number of likely N-dealkylation sites (N-methyl/N-ethyl adjacent to an activating group) is 1. The molecule has 0 saturated carbocycles. The summed E-state index contributed by atoms with van der Waals surface area (Å²) in [5.74, 6) is 0.123. The first-order chi connectivity index (χ1) is 13.2. The largest absolute Gasteiger partial charge is 0.358 e. The fourth-order valence-electron chi connectivity index (χ4n) is 4.66. The van der Waals surface area contributed by atoms with Gasteiger partial charge in [-0.2, -0.15) is 0 Å². The molecule has 4 rings (SSSR count). The lowest BCUT2D eigenvalue weighted by molar-refractivity contribution is -0.120. The Balaban J connectivity index is 1.50. The number of carbonyl (C=O) groups is 2. The van der Waals surface area contributed by atoms with Gasteiger partial charge in [0, 0.05) is 31.7 Å². The lowest BCUT2D eigenvalue weighted by Gasteiger charge is -2.45. The number of amides is 2. The summed E-state index contributed by atoms with van der Waals surface area (Å²) in [7, 11) is 0. The normalized spacial score (nSPS) is 22.6. The molecule has 6 heteroatoms. The number of nitrogens with one attached hydrogen (secondary N) is 1. The van der Waals surface area contributed by atoms with Gasteiger partial charge in [-0.3, -0.25) is 9.59 Å². The highest BCUT2D eigenvalue weighted by molar-refractivity contribution is 6.07. The molecule has 0 bridgehead atoms. The second-order valence-corrected chi connectivity index (χ2v) is 7.80. The molecule has 0 spiro atoms. The molecule has 146 valence electrons. The monoisotopic (exact) mass is 370 g/mol. The maximum atomic E-state index is 12.9. The van der Waals surface area contributed by atoms with Crippen molar-refractivity contribution in [3.05, 3.63) is 23.8 Å². The number of benzene rings is 1. The highest BCUT2D eigenvalue weighted by Gasteiger charge is 2.38. The van der Waals surface area contributed by atoms with E-state index < -0.39 is 0 Å². The average molecular weight is 370 g/mol. The number of rotatable bonds is 5. The van der Waals surface area contributed by atoms with Crippen molar-refractivity contribution >= 4 is 23.2 Å². The summed E-state index contributed by atoms with van der Waals surface area (Å²) in [6, 6.07) is 5.79. The van der Waals surface area contributed by atoms with E-state index in [-0.39, 0.29) is 17.9 Å². The third-order valence-electron chi connectivity index (χ3n) is 6.12. The molecule has 1 aromatic carbocycles. The molecular weight excluding hydrogens is 340 g/mol. The zero-order valence-electron chi connectivity index (χ0n) is 16.2. The van der Waals surface area contributed by atoms with Crippen molar-refractivity contribution in [3.63, 3.8) is 0 Å². The zero-order valence-corrected chi connectivity index (χ0v) is 16.2. The molecule has 3 aliphatic rings. The molecule has 2 saturated heterocycles. The SMILES string of the molecule is CCN1C(=O)C2CCCCN2c2ccc(C(=O)NCCN3CCCC3)cc21. The van der Waals surface area contributed by atoms with Gasteiger partial charge in [0.15, 0.2) is 0 Å². The van der Waals surface area contributed by atoms with Gasteiger partial charge >= 0.3 is 0 Å². The van der Waals surface area contributed by atoms with Gasteiger partial charge in [-0.05, 0) is 70.3 Å². The standard InChI is InChI=1S/C21H30N4O2/c1-2-24-19-15-16(20(26)22-10-14-23-11-5-6-12-23)8-9-17(19)25-13-4-3-7-18(25)21(24)27/h8-9,15,18H,2-7,10-14H2,1H3,(H,22,26). The maximum Gasteiger partial charge on any atom is 0.251 e. The van der Waals surface area contributed by atoms with E-state index in [0.717, 1.165) is 56.8 Å². The van der Waals surface area contributed by atoms with Gasteiger partial charge in [-0.15, -0.1) is 0 Å². The number of nitrogens with zero attached hydrogens (tertiary/aromatic N) is 3. The Morgan fingerprint density at radius 1 is 1.11 bits per heavy atom. The van der Waals surface area contributed by atoms with Gasteiger partial charge in [0.25, 0.3) is 5.91 Å². The summed E-state index contributed by atoms with van der Waals surface area (Å²) in [6.45, 7) is 7.41. The summed E-state index contributed by atoms with van der Waals surface area (Å²) in [6.07, 6.45) is 5.67. The quantitative estimate of drug-likeness (QED) is 0.864. The third-order valence-corrected chi connectivity index (χ3v) is 6.12. The van der Waals surface area contributed by atoms with E-state index >= 15 is 0 Å². The molecule has 1 N–H and O–H groups in total. The predicted octanol–water partition coefficient (Wildman–Crippen LogP) is 2.24. The van der Waals surface area contributed by atoms with Gasteiger partial charge in [-0.25, -0.2) is 0 Å². The van der Waals surface area contributed by atoms with E-state index in [1.165, 1.54) is 12.8 Å². The molecule has 1 aromatic rings. The number of likely N-dealkylation sites (tertiary alicyclic amines) is 1. The molecule has 3 aliphatic heterocycles. The average Bonchev–Trinajstić information content (AvgIpc) is 3.21. The van der Waals surface area contributed by atoms with Gasteiger partial charge in [-0.1, -0.05) is 0 Å². The topological polar surface area (TPSA) is 55.9 Å². The van der Waals surface area contributed by atoms with Crippen LogP contribution in [0.1, 0.15) is 49.4 Å². The second kappa shape index (κ2) is 7.89. The molecular formula is C21H30N4O2. The highest BCUT2D eigenvalue weighted by atomic mass is 16.2. The summed E-state index contributed by atoms with van der Waals surface area (Å²) in [5.41, 5.74) is 2.61. The van der Waals surface area contributed by atoms with Gasteiger partial charge in [0.2, 0.25) is 5.91 Å². The minimum atomic E-state index is -0.0544. The van der Waals surface area contributed by atoms with Crippen LogP contribution in [0.15, 0.2) is 18.2 Å². The number of carbonyl (C=O) groups excluding carboxylic acids is 2. The van der Waals surface area contributed by atoms with Gasteiger partial charge in [0.1, 0.15) is 6.04 Å². The van der Waals surface area contributed by atoms with E-state index in [9.17, 15) is 9.59 Å². The summed E-state index contributed by atoms with van der Waals surface area (Å²) >= 11 is 0. The minimum Gasteiger partial charge on any atom is -0.358 e. The van der Waals surface area contributed by atoms with Crippen molar-refractivity contribution in [2.45, 2.75) is 45.1 Å². The maximum absolute atomic E-state index is 12.9. The lowest BCUT2D eigenvalue weighted by Crippen LogP contribution is -2.55. The Bertz CT molecular complexity index is 714. The molecule has 2 amide bonds. The Hall–Kier alpha value is -2.08. The highest BCUT2D eigenvalue weighted by Crippen LogP contribution is 2.39. The summed E-state index contributed by atoms with van der Waals surface area (Å²) in [5, 5.41) is 3.04. The van der Waals surface area contributed by atoms with Crippen molar-refractivity contribution in [3.8, 4) is 0 Å². The Morgan fingerprint density at radius 2 is 1.89 bits per heavy atom. The molecule has 0 radical (unpaired) electrons. The van der Waals surface area contributed by atoms with Crippen molar-refractivity contribution in [2.75, 3.05) is 49.1 Å². The van der Waals surface area contributed by atoms with Gasteiger partial charge < -0.3 is 20.0 Å². The van der Waals surface area contributed by atoms with E-state index in [1.807, 2.05) is 30.0 Å². The van der Waals surface area contributed by atoms with Crippen LogP contribution in [-0.2, 0) is 4.79 Å². The first kappa shape index (κ1) is 18.3. The van der Waals surface area contributed by atoms with Crippen LogP contribution in [0.25, 0.3) is 0 Å². The van der Waals surface area contributed by atoms with Crippen LogP contribution in [0, 0.1) is 0 Å². The van der Waals surface area contributed by atoms with Crippen LogP contribution in [0.4, 0.5) is 11.4 Å². The van der Waals surface area contributed by atoms with Crippen molar-refractivity contribution < 1.29 is 9.59 Å². The van der Waals surface area contributed by atoms with E-state index in [1.54, 1.807) is 0 Å². The van der Waals surface area contributed by atoms with Crippen LogP contribution in [-0.4, -0.2) is 62.0 Å². The van der Waals surface area contributed by atoms with Crippen LogP contribution < -0.4 is 15.1 Å². The Labute approximate surface area is 161 Å². The lowest BCUT2D eigenvalue weighted by atomic mass is 9.95. The number of piperidine rings is 1. The number of anilines is 2. The second-order valence-electron chi connectivity index (χ2n) is 7.80. The molecule has 3 heterocycles. The van der Waals surface area contributed by atoms with Crippen LogP contribution >= 0.6 is 0 Å². The fraction of sp³-hybridized carbons (Fsp3) is 0.619. The molecule has 1 atom stereocenters. The van der Waals surface area contributed by atoms with Crippen LogP contribution in [0.5, 0.6) is 0 Å². The van der Waals surface area contributed by atoms with Gasteiger partial charge in [0.05, 0.1) is 11.4 Å². The molecule has 27 heavy (non-hydrogen) atoms. The van der Waals surface area contributed by atoms with Crippen molar-refractivity contribution in [1.29, 1.82) is 0 Å². The van der Waals surface area contributed by atoms with Crippen molar-refractivity contribution in [2.24, 2.45) is 0 Å². The number of fused-ring (bicyclic) bond motifs is 3. The molecule has 2 fully saturated rings. The Kier molecular flexibility index (Phi) is 5.34. The number of hydrogen-bond donors (Lipinski definition) is 1. The summed E-state index contributed by atoms with van der Waals surface area (Å²) < 4.78 is 0. The van der Waals surface area contributed by atoms with E-state index in [4.69, 9.17) is 0 Å². The first-order valence-corrected chi connectivity index (χ1v) is 10.4. The van der Waals surface area contributed by atoms with E-state index in [2.05, 4.69) is 15.1 Å². The third kappa shape index (κ3) is 3.55. The smallest absolute Gasteiger partial charge is 0.251 e. The van der Waals surface area contributed by atoms with Crippen LogP contribution in [0.2, 0.25) is 0 Å². The van der Waals surface area contributed by atoms with E-state index in [0.29, 0.717) is 18.7 Å². The molecule has 6 nitrogen and oxygen atoms in total.